The maximum absolute atomic E-state index is 12.1. The molecule has 0 spiro atoms. The fourth-order valence-corrected chi connectivity index (χ4v) is 2.90. The Kier molecular flexibility index (Phi) is 3.27. The van der Waals surface area contributed by atoms with Crippen molar-refractivity contribution in [2.24, 2.45) is 22.0 Å². The Morgan fingerprint density at radius 3 is 1.65 bits per heavy atom. The Labute approximate surface area is 115 Å². The third kappa shape index (κ3) is 1.92. The zero-order valence-corrected chi connectivity index (χ0v) is 10.9. The molecular formula is C12H16N4O4. The molecule has 1 aliphatic carbocycles. The first-order valence-corrected chi connectivity index (χ1v) is 6.65. The number of β-amino-alcohol motifs (C(OH)–C–C–N with tert-alkyl or cyclic N) is 2. The van der Waals surface area contributed by atoms with Crippen LogP contribution in [-0.4, -0.2) is 69.8 Å². The van der Waals surface area contributed by atoms with Gasteiger partial charge in [-0.1, -0.05) is 0 Å². The molecule has 8 heteroatoms. The zero-order chi connectivity index (χ0) is 14.3. The van der Waals surface area contributed by atoms with E-state index in [2.05, 4.69) is 10.2 Å². The summed E-state index contributed by atoms with van der Waals surface area (Å²) in [7, 11) is 0. The van der Waals surface area contributed by atoms with Crippen LogP contribution in [0.1, 0.15) is 12.8 Å². The van der Waals surface area contributed by atoms with Crippen LogP contribution in [0.3, 0.4) is 0 Å². The topological polar surface area (TPSA) is 106 Å². The van der Waals surface area contributed by atoms with E-state index in [1.54, 1.807) is 0 Å². The molecule has 1 saturated carbocycles. The number of aliphatic hydroxyl groups excluding tert-OH is 2. The van der Waals surface area contributed by atoms with Crippen molar-refractivity contribution in [1.29, 1.82) is 0 Å². The van der Waals surface area contributed by atoms with E-state index in [4.69, 9.17) is 10.2 Å². The lowest BCUT2D eigenvalue weighted by molar-refractivity contribution is -0.133. The van der Waals surface area contributed by atoms with E-state index in [1.165, 1.54) is 10.0 Å². The van der Waals surface area contributed by atoms with Crippen molar-refractivity contribution < 1.29 is 19.8 Å². The predicted octanol–water partition coefficient (Wildman–Crippen LogP) is -1.61. The van der Waals surface area contributed by atoms with Crippen molar-refractivity contribution >= 4 is 23.2 Å². The molecule has 2 N–H and O–H groups in total. The van der Waals surface area contributed by atoms with Gasteiger partial charge >= 0.3 is 0 Å². The summed E-state index contributed by atoms with van der Waals surface area (Å²) in [5.74, 6) is -0.969. The maximum Gasteiger partial charge on any atom is 0.251 e. The van der Waals surface area contributed by atoms with Gasteiger partial charge in [0.25, 0.3) is 11.8 Å². The Morgan fingerprint density at radius 2 is 1.30 bits per heavy atom. The lowest BCUT2D eigenvalue weighted by atomic mass is 9.79. The van der Waals surface area contributed by atoms with Crippen LogP contribution in [0, 0.1) is 11.8 Å². The van der Waals surface area contributed by atoms with Crippen molar-refractivity contribution in [3.8, 4) is 0 Å². The second-order valence-corrected chi connectivity index (χ2v) is 5.07. The van der Waals surface area contributed by atoms with E-state index < -0.39 is 0 Å². The average Bonchev–Trinajstić information content (AvgIpc) is 2.89. The van der Waals surface area contributed by atoms with E-state index in [1.807, 2.05) is 0 Å². The number of hydrazone groups is 2. The molecule has 1 fully saturated rings. The molecule has 2 aliphatic heterocycles. The van der Waals surface area contributed by atoms with E-state index in [0.29, 0.717) is 24.3 Å². The van der Waals surface area contributed by atoms with Gasteiger partial charge in [-0.25, -0.2) is 10.0 Å². The molecule has 0 aromatic carbocycles. The standard InChI is InChI=1S/C12H16N4O4/c17-3-1-15-11(19)7-5-10-8(6-9(7)13-15)12(20)16(14-10)2-4-18/h7-8,17-18H,1-6H2. The van der Waals surface area contributed by atoms with Crippen LogP contribution < -0.4 is 0 Å². The molecular weight excluding hydrogens is 264 g/mol. The highest BCUT2D eigenvalue weighted by molar-refractivity contribution is 6.20. The summed E-state index contributed by atoms with van der Waals surface area (Å²) >= 11 is 0. The molecule has 108 valence electrons. The van der Waals surface area contributed by atoms with Gasteiger partial charge in [0.1, 0.15) is 0 Å². The first-order chi connectivity index (χ1) is 9.65. The van der Waals surface area contributed by atoms with Crippen molar-refractivity contribution in [3.05, 3.63) is 0 Å². The largest absolute Gasteiger partial charge is 0.394 e. The first-order valence-electron chi connectivity index (χ1n) is 6.65. The van der Waals surface area contributed by atoms with E-state index in [9.17, 15) is 9.59 Å². The number of rotatable bonds is 4. The molecule has 2 unspecified atom stereocenters. The fourth-order valence-electron chi connectivity index (χ4n) is 2.90. The summed E-state index contributed by atoms with van der Waals surface area (Å²) < 4.78 is 0. The predicted molar refractivity (Wildman–Crippen MR) is 68.7 cm³/mol. The van der Waals surface area contributed by atoms with Gasteiger partial charge in [-0.2, -0.15) is 10.2 Å². The fraction of sp³-hybridized carbons (Fsp3) is 0.667. The summed E-state index contributed by atoms with van der Waals surface area (Å²) in [6, 6.07) is 0. The van der Waals surface area contributed by atoms with Crippen LogP contribution in [-0.2, 0) is 9.59 Å². The van der Waals surface area contributed by atoms with Gasteiger partial charge in [-0.3, -0.25) is 9.59 Å². The summed E-state index contributed by atoms with van der Waals surface area (Å²) in [4.78, 5) is 24.2. The van der Waals surface area contributed by atoms with Gasteiger partial charge in [0, 0.05) is 12.8 Å². The minimum atomic E-state index is -0.349. The van der Waals surface area contributed by atoms with Crippen LogP contribution in [0.25, 0.3) is 0 Å². The van der Waals surface area contributed by atoms with Gasteiger partial charge in [0.05, 0.1) is 49.6 Å². The summed E-state index contributed by atoms with van der Waals surface area (Å²) in [5, 5.41) is 28.8. The Morgan fingerprint density at radius 1 is 0.900 bits per heavy atom. The van der Waals surface area contributed by atoms with E-state index in [0.717, 1.165) is 0 Å². The number of amides is 2. The van der Waals surface area contributed by atoms with Gasteiger partial charge < -0.3 is 10.2 Å². The summed E-state index contributed by atoms with van der Waals surface area (Å²) in [6.07, 6.45) is 0.801. The van der Waals surface area contributed by atoms with E-state index in [-0.39, 0.29) is 50.0 Å². The minimum absolute atomic E-state index is 0.136. The average molecular weight is 280 g/mol. The first kappa shape index (κ1) is 13.2. The van der Waals surface area contributed by atoms with Crippen LogP contribution in [0.2, 0.25) is 0 Å². The highest BCUT2D eigenvalue weighted by atomic mass is 16.3. The molecule has 0 bridgehead atoms. The maximum atomic E-state index is 12.1. The molecule has 8 nitrogen and oxygen atoms in total. The van der Waals surface area contributed by atoms with Gasteiger partial charge in [0.15, 0.2) is 0 Å². The molecule has 3 aliphatic rings. The normalized spacial score (nSPS) is 28.5. The number of hydrogen-bond acceptors (Lipinski definition) is 6. The van der Waals surface area contributed by atoms with Crippen molar-refractivity contribution in [3.63, 3.8) is 0 Å². The SMILES string of the molecule is O=C1C2CC3=NN(CCO)C(=O)C3CC2=NN1CCO. The Balaban J connectivity index is 1.80. The van der Waals surface area contributed by atoms with Crippen molar-refractivity contribution in [2.45, 2.75) is 12.8 Å². The molecule has 0 aromatic heterocycles. The van der Waals surface area contributed by atoms with Crippen molar-refractivity contribution in [2.75, 3.05) is 26.3 Å². The summed E-state index contributed by atoms with van der Waals surface area (Å²) in [5.41, 5.74) is 1.40. The van der Waals surface area contributed by atoms with Gasteiger partial charge in [0.2, 0.25) is 0 Å². The van der Waals surface area contributed by atoms with Gasteiger partial charge in [-0.05, 0) is 0 Å². The van der Waals surface area contributed by atoms with Gasteiger partial charge in [-0.15, -0.1) is 0 Å². The number of nitrogens with zero attached hydrogens (tertiary/aromatic N) is 4. The number of carbonyl (C=O) groups is 2. The molecule has 20 heavy (non-hydrogen) atoms. The Bertz CT molecular complexity index is 470. The third-order valence-electron chi connectivity index (χ3n) is 3.86. The lowest BCUT2D eigenvalue weighted by Gasteiger charge is -2.21. The summed E-state index contributed by atoms with van der Waals surface area (Å²) in [6.45, 7) is 0.0900. The number of hydrogen-bond donors (Lipinski definition) is 2. The number of carbonyl (C=O) groups excluding carboxylic acids is 2. The smallest absolute Gasteiger partial charge is 0.251 e. The highest BCUT2D eigenvalue weighted by Crippen LogP contribution is 2.34. The van der Waals surface area contributed by atoms with Crippen LogP contribution >= 0.6 is 0 Å². The molecule has 3 rings (SSSR count). The molecule has 2 amide bonds. The minimum Gasteiger partial charge on any atom is -0.394 e. The Hall–Kier alpha value is -1.80. The molecule has 0 aromatic rings. The quantitative estimate of drug-likeness (QED) is 0.646. The van der Waals surface area contributed by atoms with Crippen LogP contribution in [0.4, 0.5) is 0 Å². The molecule has 0 saturated heterocycles. The zero-order valence-electron chi connectivity index (χ0n) is 10.9. The molecule has 2 atom stereocenters. The molecule has 2 heterocycles. The van der Waals surface area contributed by atoms with Crippen LogP contribution in [0.15, 0.2) is 10.2 Å². The lowest BCUT2D eigenvalue weighted by Crippen LogP contribution is -2.38. The van der Waals surface area contributed by atoms with E-state index >= 15 is 0 Å². The molecule has 0 radical (unpaired) electrons. The second-order valence-electron chi connectivity index (χ2n) is 5.07. The number of aliphatic hydroxyl groups is 2. The van der Waals surface area contributed by atoms with Crippen molar-refractivity contribution in [1.82, 2.24) is 10.0 Å². The van der Waals surface area contributed by atoms with Crippen LogP contribution in [0.5, 0.6) is 0 Å². The monoisotopic (exact) mass is 280 g/mol. The second kappa shape index (κ2) is 4.95. The third-order valence-corrected chi connectivity index (χ3v) is 3.86. The highest BCUT2D eigenvalue weighted by Gasteiger charge is 2.47. The number of fused-ring (bicyclic) bond motifs is 2.